The van der Waals surface area contributed by atoms with Gasteiger partial charge in [-0.05, 0) is 58.8 Å². The number of hydrogen-bond acceptors (Lipinski definition) is 4. The van der Waals surface area contributed by atoms with Gasteiger partial charge >= 0.3 is 11.9 Å². The topological polar surface area (TPSA) is 52.6 Å². The van der Waals surface area contributed by atoms with Crippen molar-refractivity contribution in [1.82, 2.24) is 0 Å². The van der Waals surface area contributed by atoms with Gasteiger partial charge in [-0.25, -0.2) is 9.59 Å². The molecule has 0 aromatic heterocycles. The monoisotopic (exact) mass is 506 g/mol. The Morgan fingerprint density at radius 1 is 1.04 bits per heavy atom. The second-order valence-corrected chi connectivity index (χ2v) is 14.2. The van der Waals surface area contributed by atoms with E-state index in [0.717, 1.165) is 15.2 Å². The summed E-state index contributed by atoms with van der Waals surface area (Å²) in [5.41, 5.74) is 1.12. The quantitative estimate of drug-likeness (QED) is 0.246. The Kier molecular flexibility index (Phi) is 8.27. The summed E-state index contributed by atoms with van der Waals surface area (Å²) in [6, 6.07) is 17.1. The van der Waals surface area contributed by atoms with Crippen LogP contribution in [0.2, 0.25) is 25.7 Å². The predicted molar refractivity (Wildman–Crippen MR) is 121 cm³/mol. The first-order valence-electron chi connectivity index (χ1n) is 8.95. The third-order valence-electron chi connectivity index (χ3n) is 3.75. The third-order valence-corrected chi connectivity index (χ3v) is 6.40. The molecule has 146 valence electrons. The van der Waals surface area contributed by atoms with Crippen LogP contribution >= 0.6 is 22.6 Å². The minimum atomic E-state index is -1.34. The van der Waals surface area contributed by atoms with Gasteiger partial charge in [0, 0.05) is 17.2 Å². The summed E-state index contributed by atoms with van der Waals surface area (Å²) >= 11 is 2.05. The van der Waals surface area contributed by atoms with Crippen molar-refractivity contribution in [1.29, 1.82) is 0 Å². The van der Waals surface area contributed by atoms with E-state index in [9.17, 15) is 9.59 Å². The number of ether oxygens (including phenoxy) is 2. The molecular weight excluding hydrogens is 483 g/mol. The van der Waals surface area contributed by atoms with E-state index in [0.29, 0.717) is 12.2 Å². The van der Waals surface area contributed by atoms with Gasteiger partial charge in [-0.1, -0.05) is 55.9 Å². The van der Waals surface area contributed by atoms with Crippen LogP contribution in [0.1, 0.15) is 15.9 Å². The lowest BCUT2D eigenvalue weighted by molar-refractivity contribution is -0.150. The Morgan fingerprint density at radius 3 is 2.32 bits per heavy atom. The number of carbonyl (C=O) groups excluding carboxylic acids is 2. The summed E-state index contributed by atoms with van der Waals surface area (Å²) in [6.07, 6.45) is -1.27. The van der Waals surface area contributed by atoms with Gasteiger partial charge < -0.3 is 9.47 Å². The van der Waals surface area contributed by atoms with Crippen LogP contribution in [0, 0.1) is 15.4 Å². The predicted octanol–water partition coefficient (Wildman–Crippen LogP) is 4.75. The molecule has 2 aromatic carbocycles. The molecule has 0 spiro atoms. The zero-order valence-corrected chi connectivity index (χ0v) is 19.4. The average Bonchev–Trinajstić information content (AvgIpc) is 2.65. The van der Waals surface area contributed by atoms with Gasteiger partial charge in [0.1, 0.15) is 0 Å². The van der Waals surface area contributed by atoms with Gasteiger partial charge in [0.15, 0.2) is 0 Å². The lowest BCUT2D eigenvalue weighted by Gasteiger charge is -2.17. The van der Waals surface area contributed by atoms with Crippen LogP contribution in [-0.2, 0) is 14.3 Å². The maximum Gasteiger partial charge on any atom is 0.360 e. The van der Waals surface area contributed by atoms with Crippen LogP contribution in [0.15, 0.2) is 54.6 Å². The minimum absolute atomic E-state index is 0.304. The normalized spacial score (nSPS) is 11.7. The number of esters is 2. The third kappa shape index (κ3) is 7.48. The Labute approximate surface area is 180 Å². The van der Waals surface area contributed by atoms with Gasteiger partial charge in [-0.2, -0.15) is 0 Å². The molecule has 1 atom stereocenters. The molecule has 0 aliphatic carbocycles. The summed E-state index contributed by atoms with van der Waals surface area (Å²) in [5, 5.41) is 0. The lowest BCUT2D eigenvalue weighted by atomic mass is 10.2. The van der Waals surface area contributed by atoms with Crippen molar-refractivity contribution >= 4 is 42.6 Å². The van der Waals surface area contributed by atoms with Crippen molar-refractivity contribution in [2.75, 3.05) is 6.61 Å². The molecular formula is C22H23IO4Si. The second kappa shape index (κ2) is 10.4. The van der Waals surface area contributed by atoms with Crippen LogP contribution in [0.3, 0.4) is 0 Å². The molecule has 0 fully saturated rings. The van der Waals surface area contributed by atoms with E-state index in [2.05, 4.69) is 54.1 Å². The molecule has 0 N–H and O–H groups in total. The first-order valence-corrected chi connectivity index (χ1v) is 13.7. The summed E-state index contributed by atoms with van der Waals surface area (Å²) < 4.78 is 11.5. The Balaban J connectivity index is 2.16. The fourth-order valence-electron chi connectivity index (χ4n) is 2.14. The highest BCUT2D eigenvalue weighted by molar-refractivity contribution is 14.1. The van der Waals surface area contributed by atoms with E-state index in [1.807, 2.05) is 36.4 Å². The molecule has 4 nitrogen and oxygen atoms in total. The van der Waals surface area contributed by atoms with Crippen molar-refractivity contribution in [2.45, 2.75) is 31.8 Å². The van der Waals surface area contributed by atoms with Crippen molar-refractivity contribution in [2.24, 2.45) is 0 Å². The lowest BCUT2D eigenvalue weighted by Crippen LogP contribution is -2.30. The van der Waals surface area contributed by atoms with Crippen molar-refractivity contribution < 1.29 is 19.1 Å². The SMILES string of the molecule is C[Si](C)(C)CCOC(=O)C(C#Cc1ccccc1)OC(=O)c1ccccc1I. The molecule has 2 rings (SSSR count). The molecule has 28 heavy (non-hydrogen) atoms. The van der Waals surface area contributed by atoms with Crippen LogP contribution in [0.25, 0.3) is 0 Å². The molecule has 0 bridgehead atoms. The first kappa shape index (κ1) is 22.2. The largest absolute Gasteiger partial charge is 0.462 e. The molecule has 0 aliphatic heterocycles. The number of benzene rings is 2. The van der Waals surface area contributed by atoms with Gasteiger partial charge in [0.05, 0.1) is 12.2 Å². The van der Waals surface area contributed by atoms with Crippen LogP contribution < -0.4 is 0 Å². The van der Waals surface area contributed by atoms with E-state index in [-0.39, 0.29) is 0 Å². The smallest absolute Gasteiger partial charge is 0.360 e. The number of hydrogen-bond donors (Lipinski definition) is 0. The summed E-state index contributed by atoms with van der Waals surface area (Å²) in [7, 11) is -1.34. The molecule has 6 heteroatoms. The average molecular weight is 506 g/mol. The highest BCUT2D eigenvalue weighted by atomic mass is 127. The van der Waals surface area contributed by atoms with Crippen molar-refractivity contribution in [3.63, 3.8) is 0 Å². The van der Waals surface area contributed by atoms with Crippen molar-refractivity contribution in [3.8, 4) is 11.8 Å². The summed E-state index contributed by atoms with van der Waals surface area (Å²) in [6.45, 7) is 6.90. The molecule has 0 saturated heterocycles. The zero-order valence-electron chi connectivity index (χ0n) is 16.2. The number of rotatable bonds is 6. The number of halogens is 1. The molecule has 2 aromatic rings. The second-order valence-electron chi connectivity index (χ2n) is 7.38. The van der Waals surface area contributed by atoms with Gasteiger partial charge in [-0.15, -0.1) is 0 Å². The molecule has 0 heterocycles. The van der Waals surface area contributed by atoms with Crippen LogP contribution in [0.5, 0.6) is 0 Å². The summed E-state index contributed by atoms with van der Waals surface area (Å²) in [5.74, 6) is 4.39. The summed E-state index contributed by atoms with van der Waals surface area (Å²) in [4.78, 5) is 25.0. The maximum absolute atomic E-state index is 12.5. The Morgan fingerprint density at radius 2 is 1.68 bits per heavy atom. The van der Waals surface area contributed by atoms with E-state index >= 15 is 0 Å². The van der Waals surface area contributed by atoms with Crippen LogP contribution in [0.4, 0.5) is 0 Å². The van der Waals surface area contributed by atoms with Gasteiger partial charge in [-0.3, -0.25) is 0 Å². The zero-order chi connectivity index (χ0) is 20.6. The molecule has 0 amide bonds. The Hall–Kier alpha value is -2.11. The Bertz CT molecular complexity index is 879. The van der Waals surface area contributed by atoms with E-state index in [4.69, 9.17) is 9.47 Å². The molecule has 1 unspecified atom stereocenters. The molecule has 0 aliphatic rings. The highest BCUT2D eigenvalue weighted by Crippen LogP contribution is 2.14. The molecule has 0 saturated carbocycles. The van der Waals surface area contributed by atoms with Gasteiger partial charge in [0.25, 0.3) is 6.10 Å². The number of carbonyl (C=O) groups is 2. The fraction of sp³-hybridized carbons (Fsp3) is 0.273. The van der Waals surface area contributed by atoms with E-state index in [1.54, 1.807) is 18.2 Å². The maximum atomic E-state index is 12.5. The van der Waals surface area contributed by atoms with Crippen LogP contribution in [-0.4, -0.2) is 32.7 Å². The minimum Gasteiger partial charge on any atom is -0.462 e. The van der Waals surface area contributed by atoms with E-state index in [1.165, 1.54) is 0 Å². The van der Waals surface area contributed by atoms with Crippen molar-refractivity contribution in [3.05, 3.63) is 69.3 Å². The highest BCUT2D eigenvalue weighted by Gasteiger charge is 2.25. The first-order chi connectivity index (χ1) is 13.3. The van der Waals surface area contributed by atoms with E-state index < -0.39 is 26.1 Å². The fourth-order valence-corrected chi connectivity index (χ4v) is 3.46. The van der Waals surface area contributed by atoms with Gasteiger partial charge in [0.2, 0.25) is 0 Å². The molecule has 0 radical (unpaired) electrons. The standard InChI is InChI=1S/C22H23IO4Si/c1-28(2,3)16-15-26-22(25)20(14-13-17-9-5-4-6-10-17)27-21(24)18-11-7-8-12-19(18)23/h4-12,20H,15-16H2,1-3H3.